The van der Waals surface area contributed by atoms with Crippen LogP contribution in [0.4, 0.5) is 4.79 Å². The standard InChI is InChI=1S/C7H15N3O2/c1-3-10(4-2)6-5-8-7(11)9-12/h3-6H2,1-2H3,(H,8,11). The molecule has 2 amide bonds. The molecule has 0 radical (unpaired) electrons. The molecule has 12 heavy (non-hydrogen) atoms. The highest BCUT2D eigenvalue weighted by Crippen LogP contribution is 1.84. The first-order valence-electron chi connectivity index (χ1n) is 4.08. The number of carbonyl (C=O) groups is 1. The molecular formula is C7H15N3O2. The maximum atomic E-state index is 10.4. The van der Waals surface area contributed by atoms with Crippen molar-refractivity contribution in [1.29, 1.82) is 0 Å². The molecule has 0 saturated carbocycles. The fraction of sp³-hybridized carbons (Fsp3) is 0.857. The van der Waals surface area contributed by atoms with Gasteiger partial charge < -0.3 is 10.2 Å². The molecule has 0 unspecified atom stereocenters. The van der Waals surface area contributed by atoms with Crippen LogP contribution in [0.2, 0.25) is 0 Å². The summed E-state index contributed by atoms with van der Waals surface area (Å²) in [6.45, 7) is 7.22. The van der Waals surface area contributed by atoms with E-state index in [4.69, 9.17) is 0 Å². The molecule has 0 aliphatic rings. The molecule has 70 valence electrons. The van der Waals surface area contributed by atoms with Crippen molar-refractivity contribution in [3.05, 3.63) is 4.91 Å². The number of nitrogens with one attached hydrogen (secondary N) is 1. The Kier molecular flexibility index (Phi) is 6.18. The predicted octanol–water partition coefficient (Wildman–Crippen LogP) is 0.804. The van der Waals surface area contributed by atoms with Crippen LogP contribution in [0.5, 0.6) is 0 Å². The van der Waals surface area contributed by atoms with Crippen molar-refractivity contribution in [1.82, 2.24) is 10.2 Å². The van der Waals surface area contributed by atoms with E-state index in [2.05, 4.69) is 15.4 Å². The lowest BCUT2D eigenvalue weighted by molar-refractivity contribution is 0.245. The maximum Gasteiger partial charge on any atom is 0.378 e. The highest BCUT2D eigenvalue weighted by atomic mass is 16.3. The van der Waals surface area contributed by atoms with E-state index in [-0.39, 0.29) is 0 Å². The second kappa shape index (κ2) is 6.72. The first-order valence-corrected chi connectivity index (χ1v) is 4.08. The molecule has 5 heteroatoms. The summed E-state index contributed by atoms with van der Waals surface area (Å²) in [5, 5.41) is 4.59. The first kappa shape index (κ1) is 11.0. The molecule has 0 fully saturated rings. The van der Waals surface area contributed by atoms with Crippen LogP contribution in [0.25, 0.3) is 0 Å². The second-order valence-corrected chi connectivity index (χ2v) is 2.35. The van der Waals surface area contributed by atoms with Crippen molar-refractivity contribution >= 4 is 6.03 Å². The quantitative estimate of drug-likeness (QED) is 0.625. The zero-order chi connectivity index (χ0) is 9.40. The summed E-state index contributed by atoms with van der Waals surface area (Å²) in [6, 6.07) is -0.790. The van der Waals surface area contributed by atoms with Crippen LogP contribution in [-0.2, 0) is 0 Å². The molecule has 0 atom stereocenters. The van der Waals surface area contributed by atoms with Gasteiger partial charge in [0.25, 0.3) is 0 Å². The summed E-state index contributed by atoms with van der Waals surface area (Å²) in [7, 11) is 0. The molecule has 5 nitrogen and oxygen atoms in total. The summed E-state index contributed by atoms with van der Waals surface area (Å²) >= 11 is 0. The Morgan fingerprint density at radius 1 is 1.42 bits per heavy atom. The normalized spacial score (nSPS) is 9.92. The molecule has 0 saturated heterocycles. The van der Waals surface area contributed by atoms with E-state index in [9.17, 15) is 9.70 Å². The fourth-order valence-corrected chi connectivity index (χ4v) is 0.893. The van der Waals surface area contributed by atoms with Gasteiger partial charge in [-0.15, -0.1) is 4.91 Å². The number of rotatable bonds is 5. The van der Waals surface area contributed by atoms with Gasteiger partial charge in [0.1, 0.15) is 0 Å². The van der Waals surface area contributed by atoms with Crippen molar-refractivity contribution in [2.75, 3.05) is 26.2 Å². The summed E-state index contributed by atoms with van der Waals surface area (Å²) in [5.74, 6) is 0. The maximum absolute atomic E-state index is 10.4. The third-order valence-electron chi connectivity index (χ3n) is 1.68. The topological polar surface area (TPSA) is 61.8 Å². The van der Waals surface area contributed by atoms with E-state index in [0.717, 1.165) is 19.6 Å². The highest BCUT2D eigenvalue weighted by Gasteiger charge is 2.00. The number of nitrogens with zero attached hydrogens (tertiary/aromatic N) is 2. The molecule has 0 heterocycles. The van der Waals surface area contributed by atoms with Gasteiger partial charge in [-0.3, -0.25) is 0 Å². The largest absolute Gasteiger partial charge is 0.378 e. The zero-order valence-electron chi connectivity index (χ0n) is 7.54. The number of carbonyl (C=O) groups excluding carboxylic acids is 1. The second-order valence-electron chi connectivity index (χ2n) is 2.35. The van der Waals surface area contributed by atoms with Crippen LogP contribution < -0.4 is 5.32 Å². The van der Waals surface area contributed by atoms with Gasteiger partial charge in [0.05, 0.1) is 0 Å². The van der Waals surface area contributed by atoms with Gasteiger partial charge in [0.2, 0.25) is 0 Å². The third-order valence-corrected chi connectivity index (χ3v) is 1.68. The summed E-state index contributed by atoms with van der Waals surface area (Å²) < 4.78 is 0. The summed E-state index contributed by atoms with van der Waals surface area (Å²) in [5.41, 5.74) is 0. The number of hydrogen-bond donors (Lipinski definition) is 1. The Labute approximate surface area is 72.1 Å². The van der Waals surface area contributed by atoms with Crippen LogP contribution in [0.1, 0.15) is 13.8 Å². The third kappa shape index (κ3) is 4.79. The molecule has 0 aliphatic carbocycles. The van der Waals surface area contributed by atoms with Crippen LogP contribution in [-0.4, -0.2) is 37.1 Å². The molecule has 0 aromatic rings. The van der Waals surface area contributed by atoms with Gasteiger partial charge >= 0.3 is 6.03 Å². The van der Waals surface area contributed by atoms with Crippen molar-refractivity contribution in [3.63, 3.8) is 0 Å². The smallest absolute Gasteiger partial charge is 0.332 e. The molecule has 1 N–H and O–H groups in total. The van der Waals surface area contributed by atoms with Crippen molar-refractivity contribution < 1.29 is 4.79 Å². The molecule has 0 spiro atoms. The number of nitroso groups, excluding NO2 is 1. The predicted molar refractivity (Wildman–Crippen MR) is 47.0 cm³/mol. The molecular weight excluding hydrogens is 158 g/mol. The SMILES string of the molecule is CCN(CC)CCNC(=O)N=O. The van der Waals surface area contributed by atoms with Crippen LogP contribution in [0.15, 0.2) is 5.18 Å². The monoisotopic (exact) mass is 173 g/mol. The first-order chi connectivity index (χ1) is 5.74. The Hall–Kier alpha value is -0.970. The number of amides is 2. The number of hydrogen-bond acceptors (Lipinski definition) is 3. The van der Waals surface area contributed by atoms with Crippen LogP contribution in [0.3, 0.4) is 0 Å². The highest BCUT2D eigenvalue weighted by molar-refractivity contribution is 5.74. The number of likely N-dealkylation sites (N-methyl/N-ethyl adjacent to an activating group) is 1. The van der Waals surface area contributed by atoms with E-state index in [1.165, 1.54) is 0 Å². The van der Waals surface area contributed by atoms with Crippen molar-refractivity contribution in [2.24, 2.45) is 5.18 Å². The minimum absolute atomic E-state index is 0.478. The Bertz CT molecular complexity index is 146. The Morgan fingerprint density at radius 2 is 2.00 bits per heavy atom. The molecule has 0 bridgehead atoms. The van der Waals surface area contributed by atoms with Gasteiger partial charge in [-0.1, -0.05) is 13.8 Å². The zero-order valence-corrected chi connectivity index (χ0v) is 7.54. The lowest BCUT2D eigenvalue weighted by Crippen LogP contribution is -2.33. The van der Waals surface area contributed by atoms with Crippen molar-refractivity contribution in [2.45, 2.75) is 13.8 Å². The van der Waals surface area contributed by atoms with E-state index < -0.39 is 6.03 Å². The summed E-state index contributed by atoms with van der Waals surface area (Å²) in [6.07, 6.45) is 0. The minimum Gasteiger partial charge on any atom is -0.332 e. The fourth-order valence-electron chi connectivity index (χ4n) is 0.893. The minimum atomic E-state index is -0.790. The van der Waals surface area contributed by atoms with Crippen LogP contribution in [0, 0.1) is 4.91 Å². The van der Waals surface area contributed by atoms with Gasteiger partial charge in [-0.25, -0.2) is 4.79 Å². The van der Waals surface area contributed by atoms with E-state index in [1.807, 2.05) is 13.8 Å². The lowest BCUT2D eigenvalue weighted by atomic mass is 10.5. The molecule has 0 aliphatic heterocycles. The van der Waals surface area contributed by atoms with E-state index in [0.29, 0.717) is 6.54 Å². The lowest BCUT2D eigenvalue weighted by Gasteiger charge is -2.16. The molecule has 0 rings (SSSR count). The van der Waals surface area contributed by atoms with Gasteiger partial charge in [0, 0.05) is 18.3 Å². The average molecular weight is 173 g/mol. The van der Waals surface area contributed by atoms with Gasteiger partial charge in [0.15, 0.2) is 0 Å². The van der Waals surface area contributed by atoms with E-state index in [1.54, 1.807) is 0 Å². The van der Waals surface area contributed by atoms with Gasteiger partial charge in [-0.2, -0.15) is 0 Å². The Balaban J connectivity index is 3.40. The average Bonchev–Trinajstić information content (AvgIpc) is 2.12. The molecule has 0 aromatic heterocycles. The van der Waals surface area contributed by atoms with Gasteiger partial charge in [-0.05, 0) is 13.1 Å². The van der Waals surface area contributed by atoms with Crippen LogP contribution >= 0.6 is 0 Å². The number of urea groups is 1. The summed E-state index contributed by atoms with van der Waals surface area (Å²) in [4.78, 5) is 22.1. The Morgan fingerprint density at radius 3 is 2.42 bits per heavy atom. The van der Waals surface area contributed by atoms with Crippen molar-refractivity contribution in [3.8, 4) is 0 Å². The van der Waals surface area contributed by atoms with E-state index >= 15 is 0 Å². The molecule has 0 aromatic carbocycles.